The summed E-state index contributed by atoms with van der Waals surface area (Å²) in [6.45, 7) is 1.93. The van der Waals surface area contributed by atoms with Gasteiger partial charge in [-0.1, -0.05) is 48.0 Å². The van der Waals surface area contributed by atoms with Crippen LogP contribution in [0, 0.1) is 12.8 Å². The van der Waals surface area contributed by atoms with Gasteiger partial charge in [-0.15, -0.1) is 0 Å². The van der Waals surface area contributed by atoms with Crippen LogP contribution in [0.3, 0.4) is 0 Å². The lowest BCUT2D eigenvalue weighted by atomic mass is 10.1. The van der Waals surface area contributed by atoms with Gasteiger partial charge in [0, 0.05) is 5.92 Å². The van der Waals surface area contributed by atoms with Gasteiger partial charge < -0.3 is 5.11 Å². The summed E-state index contributed by atoms with van der Waals surface area (Å²) in [4.78, 5) is 11.6. The van der Waals surface area contributed by atoms with E-state index in [9.17, 15) is 18.3 Å². The molecule has 1 fully saturated rings. The van der Waals surface area contributed by atoms with Gasteiger partial charge in [0.05, 0.1) is 16.1 Å². The third-order valence-corrected chi connectivity index (χ3v) is 6.36. The van der Waals surface area contributed by atoms with Crippen LogP contribution in [0.5, 0.6) is 0 Å². The largest absolute Gasteiger partial charge is 0.481 e. The molecule has 1 aliphatic carbocycles. The molecule has 0 heterocycles. The van der Waals surface area contributed by atoms with Crippen LogP contribution in [0.1, 0.15) is 17.0 Å². The molecule has 0 spiro atoms. The summed E-state index contributed by atoms with van der Waals surface area (Å²) < 4.78 is 25.4. The second-order valence-corrected chi connectivity index (χ2v) is 7.73. The van der Waals surface area contributed by atoms with E-state index in [2.05, 4.69) is 0 Å². The molecule has 0 saturated heterocycles. The summed E-state index contributed by atoms with van der Waals surface area (Å²) >= 11 is 0. The minimum atomic E-state index is -3.65. The number of carbonyl (C=O) groups is 1. The lowest BCUT2D eigenvalue weighted by Crippen LogP contribution is -2.13. The van der Waals surface area contributed by atoms with Crippen LogP contribution in [0.15, 0.2) is 59.5 Å². The molecule has 1 N–H and O–H groups in total. The molecular formula is C17H16O4S. The molecule has 3 rings (SSSR count). The van der Waals surface area contributed by atoms with Crippen LogP contribution in [0.2, 0.25) is 0 Å². The van der Waals surface area contributed by atoms with Gasteiger partial charge >= 0.3 is 5.97 Å². The van der Waals surface area contributed by atoms with E-state index in [1.807, 2.05) is 31.2 Å². The van der Waals surface area contributed by atoms with Crippen LogP contribution in [0.4, 0.5) is 0 Å². The van der Waals surface area contributed by atoms with Gasteiger partial charge in [-0.3, -0.25) is 4.79 Å². The Labute approximate surface area is 129 Å². The standard InChI is InChI=1S/C17H16O4S/c1-11-7-9-12(10-8-11)14-15(17(18)19)16(14)22(20,21)13-5-3-2-4-6-13/h2-10,14-16H,1H3,(H,18,19)/t14-,15-,16-/m1/s1. The maximum absolute atomic E-state index is 12.7. The van der Waals surface area contributed by atoms with Crippen molar-refractivity contribution in [3.05, 3.63) is 65.7 Å². The number of rotatable bonds is 4. The summed E-state index contributed by atoms with van der Waals surface area (Å²) in [5.41, 5.74) is 1.82. The molecule has 2 aromatic carbocycles. The SMILES string of the molecule is Cc1ccc([C@@H]2[C@@H](C(=O)O)[C@@H]2S(=O)(=O)c2ccccc2)cc1. The quantitative estimate of drug-likeness (QED) is 0.941. The summed E-state index contributed by atoms with van der Waals surface area (Å²) in [5, 5.41) is 8.46. The molecule has 3 atom stereocenters. The molecule has 0 amide bonds. The molecule has 1 aliphatic rings. The van der Waals surface area contributed by atoms with Crippen molar-refractivity contribution in [2.75, 3.05) is 0 Å². The maximum Gasteiger partial charge on any atom is 0.308 e. The number of carboxylic acids is 1. The van der Waals surface area contributed by atoms with Gasteiger partial charge in [0.2, 0.25) is 0 Å². The number of aryl methyl sites for hydroxylation is 1. The number of carboxylic acid groups (broad SMARTS) is 1. The van der Waals surface area contributed by atoms with Gasteiger partial charge in [0.15, 0.2) is 9.84 Å². The molecule has 114 valence electrons. The molecular weight excluding hydrogens is 300 g/mol. The number of sulfone groups is 1. The van der Waals surface area contributed by atoms with Crippen LogP contribution in [-0.4, -0.2) is 24.7 Å². The number of hydrogen-bond acceptors (Lipinski definition) is 3. The first-order valence-corrected chi connectivity index (χ1v) is 8.56. The maximum atomic E-state index is 12.7. The highest BCUT2D eigenvalue weighted by atomic mass is 32.2. The average Bonchev–Trinajstić information content (AvgIpc) is 3.25. The Morgan fingerprint density at radius 3 is 2.14 bits per heavy atom. The van der Waals surface area contributed by atoms with Crippen LogP contribution >= 0.6 is 0 Å². The number of hydrogen-bond donors (Lipinski definition) is 1. The fourth-order valence-electron chi connectivity index (χ4n) is 2.92. The summed E-state index contributed by atoms with van der Waals surface area (Å²) in [6.07, 6.45) is 0. The molecule has 0 aliphatic heterocycles. The molecule has 5 heteroatoms. The normalized spacial score (nSPS) is 24.0. The van der Waals surface area contributed by atoms with E-state index in [0.29, 0.717) is 0 Å². The second-order valence-electron chi connectivity index (χ2n) is 5.62. The van der Waals surface area contributed by atoms with Gasteiger partial charge in [0.1, 0.15) is 0 Å². The van der Waals surface area contributed by atoms with E-state index in [1.165, 1.54) is 12.1 Å². The predicted octanol–water partition coefficient (Wildman–Crippen LogP) is 2.64. The molecule has 0 unspecified atom stereocenters. The van der Waals surface area contributed by atoms with Crippen molar-refractivity contribution in [1.82, 2.24) is 0 Å². The highest BCUT2D eigenvalue weighted by molar-refractivity contribution is 7.92. The van der Waals surface area contributed by atoms with Gasteiger partial charge in [-0.25, -0.2) is 8.42 Å². The van der Waals surface area contributed by atoms with E-state index in [1.54, 1.807) is 18.2 Å². The lowest BCUT2D eigenvalue weighted by Gasteiger charge is -2.04. The van der Waals surface area contributed by atoms with Crippen molar-refractivity contribution >= 4 is 15.8 Å². The Kier molecular flexibility index (Phi) is 3.53. The number of aliphatic carboxylic acids is 1. The van der Waals surface area contributed by atoms with Gasteiger partial charge in [-0.2, -0.15) is 0 Å². The minimum Gasteiger partial charge on any atom is -0.481 e. The zero-order valence-corrected chi connectivity index (χ0v) is 12.8. The van der Waals surface area contributed by atoms with E-state index < -0.39 is 32.9 Å². The Balaban J connectivity index is 1.99. The fraction of sp³-hybridized carbons (Fsp3) is 0.235. The minimum absolute atomic E-state index is 0.181. The Hall–Kier alpha value is -2.14. The van der Waals surface area contributed by atoms with Gasteiger partial charge in [-0.05, 0) is 24.6 Å². The van der Waals surface area contributed by atoms with E-state index in [-0.39, 0.29) is 4.90 Å². The zero-order valence-electron chi connectivity index (χ0n) is 12.0. The molecule has 4 nitrogen and oxygen atoms in total. The van der Waals surface area contributed by atoms with Crippen molar-refractivity contribution in [1.29, 1.82) is 0 Å². The average molecular weight is 316 g/mol. The first kappa shape index (κ1) is 14.8. The van der Waals surface area contributed by atoms with Crippen molar-refractivity contribution in [2.45, 2.75) is 23.0 Å². The molecule has 0 radical (unpaired) electrons. The van der Waals surface area contributed by atoms with Gasteiger partial charge in [0.25, 0.3) is 0 Å². The molecule has 2 aromatic rings. The van der Waals surface area contributed by atoms with E-state index in [0.717, 1.165) is 11.1 Å². The first-order chi connectivity index (χ1) is 10.4. The molecule has 22 heavy (non-hydrogen) atoms. The van der Waals surface area contributed by atoms with E-state index >= 15 is 0 Å². The topological polar surface area (TPSA) is 71.4 Å². The van der Waals surface area contributed by atoms with Crippen molar-refractivity contribution in [2.24, 2.45) is 5.92 Å². The van der Waals surface area contributed by atoms with E-state index in [4.69, 9.17) is 0 Å². The summed E-state index contributed by atoms with van der Waals surface area (Å²) in [6, 6.07) is 15.4. The Morgan fingerprint density at radius 2 is 1.59 bits per heavy atom. The second kappa shape index (κ2) is 5.25. The smallest absolute Gasteiger partial charge is 0.308 e. The fourth-order valence-corrected chi connectivity index (χ4v) is 5.06. The van der Waals surface area contributed by atoms with Crippen LogP contribution in [0.25, 0.3) is 0 Å². The predicted molar refractivity (Wildman–Crippen MR) is 82.5 cm³/mol. The van der Waals surface area contributed by atoms with Crippen molar-refractivity contribution < 1.29 is 18.3 Å². The zero-order chi connectivity index (χ0) is 15.9. The monoisotopic (exact) mass is 316 g/mol. The highest BCUT2D eigenvalue weighted by Gasteiger charge is 2.63. The summed E-state index contributed by atoms with van der Waals surface area (Å²) in [5.74, 6) is -2.42. The number of benzene rings is 2. The van der Waals surface area contributed by atoms with Crippen molar-refractivity contribution in [3.63, 3.8) is 0 Å². The third kappa shape index (κ3) is 2.41. The van der Waals surface area contributed by atoms with Crippen LogP contribution in [-0.2, 0) is 14.6 Å². The van der Waals surface area contributed by atoms with Crippen LogP contribution < -0.4 is 0 Å². The summed E-state index contributed by atoms with van der Waals surface area (Å²) in [7, 11) is -3.65. The molecule has 1 saturated carbocycles. The lowest BCUT2D eigenvalue weighted by molar-refractivity contribution is -0.138. The Bertz CT molecular complexity index is 794. The Morgan fingerprint density at radius 1 is 1.00 bits per heavy atom. The highest BCUT2D eigenvalue weighted by Crippen LogP contribution is 2.54. The first-order valence-electron chi connectivity index (χ1n) is 7.01. The molecule has 0 bridgehead atoms. The third-order valence-electron chi connectivity index (χ3n) is 4.13. The molecule has 0 aromatic heterocycles. The van der Waals surface area contributed by atoms with Crippen molar-refractivity contribution in [3.8, 4) is 0 Å².